The molecule has 1 saturated heterocycles. The van der Waals surface area contributed by atoms with Gasteiger partial charge in [-0.25, -0.2) is 9.48 Å². The molecule has 0 radical (unpaired) electrons. The van der Waals surface area contributed by atoms with Crippen molar-refractivity contribution in [3.8, 4) is 0 Å². The van der Waals surface area contributed by atoms with Crippen molar-refractivity contribution in [3.05, 3.63) is 71.8 Å². The molecule has 7 nitrogen and oxygen atoms in total. The van der Waals surface area contributed by atoms with Gasteiger partial charge in [0.2, 0.25) is 0 Å². The summed E-state index contributed by atoms with van der Waals surface area (Å²) in [6.07, 6.45) is 4.38. The Balaban J connectivity index is 1.42. The first-order chi connectivity index (χ1) is 13.1. The highest BCUT2D eigenvalue weighted by Crippen LogP contribution is 2.29. The molecule has 1 aliphatic rings. The van der Waals surface area contributed by atoms with E-state index >= 15 is 0 Å². The molecule has 3 heterocycles. The largest absolute Gasteiger partial charge is 0.460 e. The Labute approximate surface area is 156 Å². The number of esters is 1. The fraction of sp³-hybridized carbons (Fsp3) is 0.300. The number of carbonyl (C=O) groups is 2. The first kappa shape index (κ1) is 17.2. The molecule has 0 unspecified atom stereocenters. The minimum Gasteiger partial charge on any atom is -0.460 e. The maximum Gasteiger partial charge on any atom is 0.329 e. The summed E-state index contributed by atoms with van der Waals surface area (Å²) in [5.41, 5.74) is 2.45. The summed E-state index contributed by atoms with van der Waals surface area (Å²) in [6.45, 7) is 2.14. The minimum absolute atomic E-state index is 0.0693. The average Bonchev–Trinajstić information content (AvgIpc) is 3.36. The number of aromatic nitrogens is 4. The topological polar surface area (TPSA) is 79.0 Å². The fourth-order valence-corrected chi connectivity index (χ4v) is 3.47. The van der Waals surface area contributed by atoms with E-state index in [0.717, 1.165) is 11.3 Å². The van der Waals surface area contributed by atoms with Crippen molar-refractivity contribution in [2.24, 2.45) is 0 Å². The zero-order valence-corrected chi connectivity index (χ0v) is 15.0. The van der Waals surface area contributed by atoms with E-state index in [1.165, 1.54) is 6.92 Å². The summed E-state index contributed by atoms with van der Waals surface area (Å²) in [7, 11) is 0. The molecular formula is C20H20N4O3. The smallest absolute Gasteiger partial charge is 0.329 e. The SMILES string of the molecule is CC(=O)c1cccn1[C@H]1C[C@@H](Cc2cn(Cc3ccccc3)nn2)OC1=O. The third kappa shape index (κ3) is 3.67. The van der Waals surface area contributed by atoms with Crippen LogP contribution >= 0.6 is 0 Å². The molecule has 2 aromatic heterocycles. The van der Waals surface area contributed by atoms with Crippen LogP contribution in [-0.4, -0.2) is 37.4 Å². The first-order valence-corrected chi connectivity index (χ1v) is 8.91. The number of ether oxygens (including phenoxy) is 1. The number of ketones is 1. The summed E-state index contributed by atoms with van der Waals surface area (Å²) < 4.78 is 9.00. The molecule has 1 aliphatic heterocycles. The number of cyclic esters (lactones) is 1. The molecule has 138 valence electrons. The summed E-state index contributed by atoms with van der Waals surface area (Å²) in [6, 6.07) is 13.0. The fourth-order valence-electron chi connectivity index (χ4n) is 3.47. The van der Waals surface area contributed by atoms with Gasteiger partial charge < -0.3 is 9.30 Å². The maximum atomic E-state index is 12.3. The molecule has 4 rings (SSSR count). The molecule has 0 saturated carbocycles. The third-order valence-corrected chi connectivity index (χ3v) is 4.73. The van der Waals surface area contributed by atoms with Gasteiger partial charge in [-0.1, -0.05) is 35.5 Å². The van der Waals surface area contributed by atoms with Crippen LogP contribution in [-0.2, 0) is 22.5 Å². The number of nitrogens with zero attached hydrogens (tertiary/aromatic N) is 4. The van der Waals surface area contributed by atoms with Crippen LogP contribution in [0.4, 0.5) is 0 Å². The number of hydrogen-bond donors (Lipinski definition) is 0. The van der Waals surface area contributed by atoms with Gasteiger partial charge >= 0.3 is 5.97 Å². The monoisotopic (exact) mass is 364 g/mol. The van der Waals surface area contributed by atoms with Crippen LogP contribution in [0, 0.1) is 0 Å². The van der Waals surface area contributed by atoms with Crippen molar-refractivity contribution in [3.63, 3.8) is 0 Å². The predicted molar refractivity (Wildman–Crippen MR) is 97.2 cm³/mol. The van der Waals surface area contributed by atoms with E-state index < -0.39 is 6.04 Å². The molecule has 7 heteroatoms. The van der Waals surface area contributed by atoms with Gasteiger partial charge in [0.15, 0.2) is 5.78 Å². The number of benzene rings is 1. The predicted octanol–water partition coefficient (Wildman–Crippen LogP) is 2.43. The van der Waals surface area contributed by atoms with Crippen LogP contribution in [0.15, 0.2) is 54.9 Å². The molecule has 0 N–H and O–H groups in total. The van der Waals surface area contributed by atoms with E-state index in [1.807, 2.05) is 36.5 Å². The Hall–Kier alpha value is -3.22. The summed E-state index contributed by atoms with van der Waals surface area (Å²) >= 11 is 0. The molecule has 27 heavy (non-hydrogen) atoms. The second-order valence-electron chi connectivity index (χ2n) is 6.76. The van der Waals surface area contributed by atoms with Crippen molar-refractivity contribution in [1.29, 1.82) is 0 Å². The van der Waals surface area contributed by atoms with Crippen molar-refractivity contribution in [2.75, 3.05) is 0 Å². The zero-order chi connectivity index (χ0) is 18.8. The van der Waals surface area contributed by atoms with E-state index in [2.05, 4.69) is 10.3 Å². The highest BCUT2D eigenvalue weighted by Gasteiger charge is 2.37. The third-order valence-electron chi connectivity index (χ3n) is 4.73. The van der Waals surface area contributed by atoms with E-state index in [9.17, 15) is 9.59 Å². The van der Waals surface area contributed by atoms with Gasteiger partial charge in [0.05, 0.1) is 17.9 Å². The van der Waals surface area contributed by atoms with Crippen molar-refractivity contribution in [2.45, 2.75) is 38.5 Å². The van der Waals surface area contributed by atoms with Crippen LogP contribution in [0.3, 0.4) is 0 Å². The molecule has 0 spiro atoms. The first-order valence-electron chi connectivity index (χ1n) is 8.91. The normalized spacial score (nSPS) is 19.2. The van der Waals surface area contributed by atoms with E-state index in [-0.39, 0.29) is 17.9 Å². The van der Waals surface area contributed by atoms with E-state index in [4.69, 9.17) is 4.74 Å². The molecular weight excluding hydrogens is 344 g/mol. The van der Waals surface area contributed by atoms with Gasteiger partial charge in [0, 0.05) is 32.2 Å². The molecule has 0 amide bonds. The lowest BCUT2D eigenvalue weighted by atomic mass is 10.1. The summed E-state index contributed by atoms with van der Waals surface area (Å²) in [5, 5.41) is 8.35. The highest BCUT2D eigenvalue weighted by molar-refractivity contribution is 5.93. The quantitative estimate of drug-likeness (QED) is 0.496. The number of hydrogen-bond acceptors (Lipinski definition) is 5. The van der Waals surface area contributed by atoms with Gasteiger partial charge in [0.1, 0.15) is 12.1 Å². The standard InChI is InChI=1S/C20H20N4O3/c1-14(25)18-8-5-9-24(18)19-11-17(27-20(19)26)10-16-13-23(22-21-16)12-15-6-3-2-4-7-15/h2-9,13,17,19H,10-12H2,1H3/t17-,19+/m1/s1. The lowest BCUT2D eigenvalue weighted by Gasteiger charge is -2.11. The van der Waals surface area contributed by atoms with E-state index in [1.54, 1.807) is 27.6 Å². The molecule has 0 aliphatic carbocycles. The zero-order valence-electron chi connectivity index (χ0n) is 15.0. The molecule has 0 bridgehead atoms. The van der Waals surface area contributed by atoms with Crippen LogP contribution in [0.25, 0.3) is 0 Å². The lowest BCUT2D eigenvalue weighted by molar-refractivity contribution is -0.143. The van der Waals surface area contributed by atoms with Gasteiger partial charge in [-0.15, -0.1) is 5.10 Å². The molecule has 2 atom stereocenters. The average molecular weight is 364 g/mol. The van der Waals surface area contributed by atoms with Gasteiger partial charge in [-0.3, -0.25) is 4.79 Å². The Morgan fingerprint density at radius 2 is 2.04 bits per heavy atom. The van der Waals surface area contributed by atoms with Gasteiger partial charge in [-0.2, -0.15) is 0 Å². The van der Waals surface area contributed by atoms with Crippen molar-refractivity contribution >= 4 is 11.8 Å². The van der Waals surface area contributed by atoms with Crippen LogP contribution in [0.2, 0.25) is 0 Å². The van der Waals surface area contributed by atoms with Crippen molar-refractivity contribution in [1.82, 2.24) is 19.6 Å². The highest BCUT2D eigenvalue weighted by atomic mass is 16.6. The summed E-state index contributed by atoms with van der Waals surface area (Å²) in [4.78, 5) is 24.0. The molecule has 1 aromatic carbocycles. The lowest BCUT2D eigenvalue weighted by Crippen LogP contribution is -2.17. The minimum atomic E-state index is -0.469. The Morgan fingerprint density at radius 3 is 2.81 bits per heavy atom. The second-order valence-corrected chi connectivity index (χ2v) is 6.76. The maximum absolute atomic E-state index is 12.3. The number of rotatable bonds is 6. The Bertz CT molecular complexity index is 961. The molecule has 1 fully saturated rings. The van der Waals surface area contributed by atoms with Crippen LogP contribution < -0.4 is 0 Å². The molecule has 3 aromatic rings. The van der Waals surface area contributed by atoms with Crippen molar-refractivity contribution < 1.29 is 14.3 Å². The van der Waals surface area contributed by atoms with Crippen LogP contribution in [0.5, 0.6) is 0 Å². The number of carbonyl (C=O) groups excluding carboxylic acids is 2. The second kappa shape index (κ2) is 7.19. The van der Waals surface area contributed by atoms with Gasteiger partial charge in [-0.05, 0) is 17.7 Å². The van der Waals surface area contributed by atoms with E-state index in [0.29, 0.717) is 25.1 Å². The Kier molecular flexibility index (Phi) is 4.58. The van der Waals surface area contributed by atoms with Crippen LogP contribution in [0.1, 0.15) is 41.1 Å². The van der Waals surface area contributed by atoms with Gasteiger partial charge in [0.25, 0.3) is 0 Å². The number of Topliss-reactive ketones (excluding diaryl/α,β-unsaturated/α-hetero) is 1. The Morgan fingerprint density at radius 1 is 1.22 bits per heavy atom. The summed E-state index contributed by atoms with van der Waals surface area (Å²) in [5.74, 6) is -0.379.